The summed E-state index contributed by atoms with van der Waals surface area (Å²) in [4.78, 5) is 12.4. The summed E-state index contributed by atoms with van der Waals surface area (Å²) in [6, 6.07) is 15.4. The number of hydrogen-bond acceptors (Lipinski definition) is 3. The van der Waals surface area contributed by atoms with E-state index in [4.69, 9.17) is 9.47 Å². The quantitative estimate of drug-likeness (QED) is 0.947. The molecule has 3 rings (SSSR count). The van der Waals surface area contributed by atoms with Crippen molar-refractivity contribution in [2.45, 2.75) is 32.6 Å². The minimum atomic E-state index is -0.639. The average Bonchev–Trinajstić information content (AvgIpc) is 2.52. The molecule has 2 aromatic rings. The van der Waals surface area contributed by atoms with Crippen molar-refractivity contribution in [1.82, 2.24) is 5.32 Å². The van der Waals surface area contributed by atoms with Crippen molar-refractivity contribution < 1.29 is 14.3 Å². The number of hydrogen-bond donors (Lipinski definition) is 1. The van der Waals surface area contributed by atoms with Crippen LogP contribution in [0.5, 0.6) is 11.5 Å². The Labute approximate surface area is 130 Å². The molecule has 0 saturated carbocycles. The molecule has 0 saturated heterocycles. The van der Waals surface area contributed by atoms with Crippen LogP contribution in [0.1, 0.15) is 18.1 Å². The molecule has 0 spiro atoms. The number of amides is 1. The summed E-state index contributed by atoms with van der Waals surface area (Å²) in [5, 5.41) is 2.91. The molecule has 0 bridgehead atoms. The largest absolute Gasteiger partial charge is 0.482 e. The van der Waals surface area contributed by atoms with Crippen molar-refractivity contribution in [3.8, 4) is 11.5 Å². The van der Waals surface area contributed by atoms with Crippen molar-refractivity contribution in [2.24, 2.45) is 0 Å². The molecule has 0 aromatic heterocycles. The van der Waals surface area contributed by atoms with Crippen LogP contribution in [0.4, 0.5) is 0 Å². The Bertz CT molecular complexity index is 684. The summed E-state index contributed by atoms with van der Waals surface area (Å²) in [5.74, 6) is 1.12. The molecule has 4 nitrogen and oxygen atoms in total. The number of nitrogens with one attached hydrogen (secondary N) is 1. The van der Waals surface area contributed by atoms with Gasteiger partial charge in [-0.3, -0.25) is 4.79 Å². The molecule has 1 heterocycles. The highest BCUT2D eigenvalue weighted by atomic mass is 16.6. The van der Waals surface area contributed by atoms with Gasteiger partial charge in [-0.25, -0.2) is 0 Å². The Balaban J connectivity index is 1.65. The summed E-state index contributed by atoms with van der Waals surface area (Å²) in [6.07, 6.45) is -0.966. The number of ether oxygens (including phenoxy) is 2. The molecule has 0 aliphatic carbocycles. The molecule has 1 N–H and O–H groups in total. The summed E-state index contributed by atoms with van der Waals surface area (Å²) in [7, 11) is 0. The van der Waals surface area contributed by atoms with E-state index >= 15 is 0 Å². The number of carbonyl (C=O) groups excluding carboxylic acids is 1. The highest BCUT2D eigenvalue weighted by molar-refractivity contribution is 5.82. The molecule has 1 aliphatic heterocycles. The normalized spacial score (nSPS) is 19.5. The number of fused-ring (bicyclic) bond motifs is 1. The third-order valence-electron chi connectivity index (χ3n) is 3.65. The lowest BCUT2D eigenvalue weighted by atomic mass is 10.1. The first-order valence-electron chi connectivity index (χ1n) is 7.39. The third kappa shape index (κ3) is 3.06. The van der Waals surface area contributed by atoms with Gasteiger partial charge in [-0.15, -0.1) is 0 Å². The molecule has 2 unspecified atom stereocenters. The second-order valence-electron chi connectivity index (χ2n) is 5.52. The average molecular weight is 297 g/mol. The Hall–Kier alpha value is -2.49. The van der Waals surface area contributed by atoms with Crippen molar-refractivity contribution in [3.63, 3.8) is 0 Å². The minimum Gasteiger partial charge on any atom is -0.482 e. The van der Waals surface area contributed by atoms with Gasteiger partial charge in [-0.2, -0.15) is 0 Å². The molecular formula is C18H19NO3. The zero-order valence-electron chi connectivity index (χ0n) is 12.7. The van der Waals surface area contributed by atoms with E-state index in [1.54, 1.807) is 0 Å². The molecule has 1 amide bonds. The first-order valence-corrected chi connectivity index (χ1v) is 7.39. The standard InChI is InChI=1S/C18H19NO3/c1-12-6-5-7-14(10-12)11-19-18(20)17-13(2)21-15-8-3-4-9-16(15)22-17/h3-10,13,17H,11H2,1-2H3,(H,19,20). The lowest BCUT2D eigenvalue weighted by Crippen LogP contribution is -2.48. The van der Waals surface area contributed by atoms with E-state index in [9.17, 15) is 4.79 Å². The fourth-order valence-electron chi connectivity index (χ4n) is 2.52. The van der Waals surface area contributed by atoms with Gasteiger partial charge in [0.2, 0.25) is 6.10 Å². The highest BCUT2D eigenvalue weighted by Gasteiger charge is 2.33. The number of aryl methyl sites for hydroxylation is 1. The van der Waals surface area contributed by atoms with E-state index in [2.05, 4.69) is 11.4 Å². The van der Waals surface area contributed by atoms with E-state index in [1.165, 1.54) is 5.56 Å². The summed E-state index contributed by atoms with van der Waals surface area (Å²) >= 11 is 0. The van der Waals surface area contributed by atoms with Gasteiger partial charge in [0.25, 0.3) is 5.91 Å². The number of carbonyl (C=O) groups is 1. The van der Waals surface area contributed by atoms with Crippen LogP contribution in [0.3, 0.4) is 0 Å². The van der Waals surface area contributed by atoms with Crippen LogP contribution < -0.4 is 14.8 Å². The molecule has 1 aliphatic rings. The van der Waals surface area contributed by atoms with E-state index in [0.717, 1.165) is 5.56 Å². The molecule has 0 fully saturated rings. The second kappa shape index (κ2) is 6.10. The van der Waals surface area contributed by atoms with Gasteiger partial charge in [0.15, 0.2) is 11.5 Å². The van der Waals surface area contributed by atoms with E-state index in [0.29, 0.717) is 18.0 Å². The maximum Gasteiger partial charge on any atom is 0.265 e. The van der Waals surface area contributed by atoms with Crippen LogP contribution in [0, 0.1) is 6.92 Å². The molecular weight excluding hydrogens is 278 g/mol. The maximum absolute atomic E-state index is 12.4. The minimum absolute atomic E-state index is 0.163. The summed E-state index contributed by atoms with van der Waals surface area (Å²) in [6.45, 7) is 4.35. The summed E-state index contributed by atoms with van der Waals surface area (Å²) in [5.41, 5.74) is 2.24. The molecule has 22 heavy (non-hydrogen) atoms. The van der Waals surface area contributed by atoms with Gasteiger partial charge in [-0.05, 0) is 31.5 Å². The molecule has 4 heteroatoms. The van der Waals surface area contributed by atoms with Gasteiger partial charge in [0.1, 0.15) is 6.10 Å². The molecule has 0 radical (unpaired) electrons. The number of para-hydroxylation sites is 2. The van der Waals surface area contributed by atoms with E-state index in [-0.39, 0.29) is 12.0 Å². The Morgan fingerprint density at radius 3 is 2.55 bits per heavy atom. The van der Waals surface area contributed by atoms with Gasteiger partial charge in [0, 0.05) is 6.54 Å². The smallest absolute Gasteiger partial charge is 0.265 e. The lowest BCUT2D eigenvalue weighted by molar-refractivity contribution is -0.133. The van der Waals surface area contributed by atoms with Gasteiger partial charge in [0.05, 0.1) is 0 Å². The van der Waals surface area contributed by atoms with E-state index < -0.39 is 6.10 Å². The maximum atomic E-state index is 12.4. The lowest BCUT2D eigenvalue weighted by Gasteiger charge is -2.31. The van der Waals surface area contributed by atoms with Crippen LogP contribution in [-0.4, -0.2) is 18.1 Å². The number of benzene rings is 2. The topological polar surface area (TPSA) is 47.6 Å². The zero-order valence-corrected chi connectivity index (χ0v) is 12.7. The van der Waals surface area contributed by atoms with Crippen molar-refractivity contribution in [2.75, 3.05) is 0 Å². The highest BCUT2D eigenvalue weighted by Crippen LogP contribution is 2.33. The van der Waals surface area contributed by atoms with Crippen LogP contribution in [0.15, 0.2) is 48.5 Å². The summed E-state index contributed by atoms with van der Waals surface area (Å²) < 4.78 is 11.5. The van der Waals surface area contributed by atoms with E-state index in [1.807, 2.05) is 56.3 Å². The Morgan fingerprint density at radius 2 is 1.82 bits per heavy atom. The second-order valence-corrected chi connectivity index (χ2v) is 5.52. The van der Waals surface area contributed by atoms with Gasteiger partial charge >= 0.3 is 0 Å². The van der Waals surface area contributed by atoms with Crippen LogP contribution >= 0.6 is 0 Å². The van der Waals surface area contributed by atoms with Gasteiger partial charge in [-0.1, -0.05) is 42.0 Å². The predicted molar refractivity (Wildman–Crippen MR) is 84.0 cm³/mol. The SMILES string of the molecule is Cc1cccc(CNC(=O)C2Oc3ccccc3OC2C)c1. The first kappa shape index (κ1) is 14.4. The Morgan fingerprint density at radius 1 is 1.09 bits per heavy atom. The van der Waals surface area contributed by atoms with Gasteiger partial charge < -0.3 is 14.8 Å². The zero-order chi connectivity index (χ0) is 15.5. The first-order chi connectivity index (χ1) is 10.6. The Kier molecular flexibility index (Phi) is 4.00. The van der Waals surface area contributed by atoms with Crippen LogP contribution in [-0.2, 0) is 11.3 Å². The fraction of sp³-hybridized carbons (Fsp3) is 0.278. The van der Waals surface area contributed by atoms with Crippen molar-refractivity contribution in [1.29, 1.82) is 0 Å². The molecule has 114 valence electrons. The monoisotopic (exact) mass is 297 g/mol. The van der Waals surface area contributed by atoms with Crippen molar-refractivity contribution >= 4 is 5.91 Å². The fourth-order valence-corrected chi connectivity index (χ4v) is 2.52. The third-order valence-corrected chi connectivity index (χ3v) is 3.65. The predicted octanol–water partition coefficient (Wildman–Crippen LogP) is 2.84. The van der Waals surface area contributed by atoms with Crippen molar-refractivity contribution in [3.05, 3.63) is 59.7 Å². The van der Waals surface area contributed by atoms with Crippen LogP contribution in [0.25, 0.3) is 0 Å². The number of rotatable bonds is 3. The molecule has 2 aromatic carbocycles. The van der Waals surface area contributed by atoms with Crippen LogP contribution in [0.2, 0.25) is 0 Å². The molecule has 2 atom stereocenters.